The Hall–Kier alpha value is -2.45. The van der Waals surface area contributed by atoms with Crippen LogP contribution in [0.5, 0.6) is 5.75 Å². The number of ether oxygens (including phenoxy) is 1. The summed E-state index contributed by atoms with van der Waals surface area (Å²) in [5, 5.41) is 8.58. The molecule has 0 saturated carbocycles. The molecule has 0 spiro atoms. The van der Waals surface area contributed by atoms with Crippen molar-refractivity contribution in [3.8, 4) is 5.75 Å². The first kappa shape index (κ1) is 22.7. The van der Waals surface area contributed by atoms with Gasteiger partial charge in [-0.05, 0) is 57.9 Å². The van der Waals surface area contributed by atoms with Gasteiger partial charge in [-0.25, -0.2) is 0 Å². The van der Waals surface area contributed by atoms with E-state index in [1.54, 1.807) is 47.3 Å². The van der Waals surface area contributed by atoms with Gasteiger partial charge in [-0.3, -0.25) is 9.48 Å². The van der Waals surface area contributed by atoms with Crippen LogP contribution >= 0.6 is 50.7 Å². The highest BCUT2D eigenvalue weighted by Gasteiger charge is 2.16. The van der Waals surface area contributed by atoms with Crippen LogP contribution in [-0.4, -0.2) is 15.7 Å². The lowest BCUT2D eigenvalue weighted by Gasteiger charge is -2.05. The van der Waals surface area contributed by atoms with Crippen molar-refractivity contribution in [1.82, 2.24) is 9.78 Å². The fraction of sp³-hybridized carbons (Fsp3) is 0.0909. The number of nitrogens with one attached hydrogen (secondary N) is 1. The zero-order valence-electron chi connectivity index (χ0n) is 16.3. The highest BCUT2D eigenvalue weighted by Crippen LogP contribution is 2.26. The van der Waals surface area contributed by atoms with Gasteiger partial charge in [-0.15, -0.1) is 0 Å². The number of furan rings is 1. The highest BCUT2D eigenvalue weighted by molar-refractivity contribution is 9.10. The molecule has 6 nitrogen and oxygen atoms in total. The number of hydrogen-bond donors (Lipinski definition) is 1. The normalized spacial score (nSPS) is 10.9. The Kier molecular flexibility index (Phi) is 7.10. The van der Waals surface area contributed by atoms with Crippen molar-refractivity contribution in [3.05, 3.63) is 97.4 Å². The fourth-order valence-electron chi connectivity index (χ4n) is 2.85. The van der Waals surface area contributed by atoms with Crippen LogP contribution in [0.15, 0.2) is 69.7 Å². The van der Waals surface area contributed by atoms with E-state index in [1.807, 2.05) is 18.2 Å². The Morgan fingerprint density at radius 1 is 1.06 bits per heavy atom. The summed E-state index contributed by atoms with van der Waals surface area (Å²) in [6, 6.07) is 15.7. The highest BCUT2D eigenvalue weighted by atomic mass is 79.9. The molecule has 1 amide bonds. The molecule has 0 aliphatic heterocycles. The number of hydrogen-bond acceptors (Lipinski definition) is 4. The number of halogens is 4. The van der Waals surface area contributed by atoms with Gasteiger partial charge in [-0.1, -0.05) is 53.0 Å². The monoisotopic (exact) mass is 553 g/mol. The number of carbonyl (C=O) groups excluding carboxylic acids is 1. The van der Waals surface area contributed by atoms with E-state index in [4.69, 9.17) is 44.0 Å². The van der Waals surface area contributed by atoms with Crippen LogP contribution in [0.3, 0.4) is 0 Å². The number of anilines is 1. The van der Waals surface area contributed by atoms with Crippen molar-refractivity contribution in [3.63, 3.8) is 0 Å². The summed E-state index contributed by atoms with van der Waals surface area (Å²) >= 11 is 21.5. The first-order valence-electron chi connectivity index (χ1n) is 9.33. The maximum Gasteiger partial charge on any atom is 0.292 e. The molecule has 0 unspecified atom stereocenters. The molecule has 0 bridgehead atoms. The standard InChI is InChI=1S/C22H15BrCl3N3O3/c23-15-11-29(10-13-5-7-16(24)18(26)9-13)28-21(15)27-22(30)20-8-6-14(32-20)12-31-19-4-2-1-3-17(19)25/h1-9,11H,10,12H2,(H,27,28,30). The molecule has 4 aromatic rings. The van der Waals surface area contributed by atoms with Crippen molar-refractivity contribution in [2.24, 2.45) is 0 Å². The van der Waals surface area contributed by atoms with Crippen molar-refractivity contribution in [1.29, 1.82) is 0 Å². The molecule has 32 heavy (non-hydrogen) atoms. The molecular weight excluding hydrogens is 541 g/mol. The van der Waals surface area contributed by atoms with E-state index in [0.29, 0.717) is 43.4 Å². The first-order valence-corrected chi connectivity index (χ1v) is 11.3. The maximum absolute atomic E-state index is 12.6. The topological polar surface area (TPSA) is 69.3 Å². The summed E-state index contributed by atoms with van der Waals surface area (Å²) in [5.74, 6) is 1.08. The molecule has 164 valence electrons. The molecule has 4 rings (SSSR count). The predicted molar refractivity (Wildman–Crippen MR) is 128 cm³/mol. The van der Waals surface area contributed by atoms with Gasteiger partial charge in [0.15, 0.2) is 11.6 Å². The number of para-hydroxylation sites is 1. The van der Waals surface area contributed by atoms with Gasteiger partial charge in [0.2, 0.25) is 0 Å². The number of rotatable bonds is 7. The average molecular weight is 556 g/mol. The SMILES string of the molecule is O=C(Nc1nn(Cc2ccc(Cl)c(Cl)c2)cc1Br)c1ccc(COc2ccccc2Cl)o1. The van der Waals surface area contributed by atoms with Crippen LogP contribution in [0.25, 0.3) is 0 Å². The summed E-state index contributed by atoms with van der Waals surface area (Å²) in [7, 11) is 0. The zero-order chi connectivity index (χ0) is 22.7. The minimum atomic E-state index is -0.436. The van der Waals surface area contributed by atoms with Crippen molar-refractivity contribution in [2.75, 3.05) is 5.32 Å². The third kappa shape index (κ3) is 5.48. The summed E-state index contributed by atoms with van der Waals surface area (Å²) in [6.45, 7) is 0.592. The van der Waals surface area contributed by atoms with E-state index in [0.717, 1.165) is 5.56 Å². The predicted octanol–water partition coefficient (Wildman–Crippen LogP) is 7.08. The number of amides is 1. The van der Waals surface area contributed by atoms with Gasteiger partial charge >= 0.3 is 0 Å². The molecule has 0 fully saturated rings. The molecule has 0 aliphatic rings. The van der Waals surface area contributed by atoms with Gasteiger partial charge in [0.1, 0.15) is 18.1 Å². The number of nitrogens with zero attached hydrogens (tertiary/aromatic N) is 2. The van der Waals surface area contributed by atoms with Crippen LogP contribution < -0.4 is 10.1 Å². The Morgan fingerprint density at radius 2 is 1.88 bits per heavy atom. The average Bonchev–Trinajstić information content (AvgIpc) is 3.37. The smallest absolute Gasteiger partial charge is 0.292 e. The number of aromatic nitrogens is 2. The molecule has 10 heteroatoms. The third-order valence-electron chi connectivity index (χ3n) is 4.37. The quantitative estimate of drug-likeness (QED) is 0.265. The van der Waals surface area contributed by atoms with Crippen LogP contribution in [-0.2, 0) is 13.2 Å². The minimum absolute atomic E-state index is 0.133. The molecule has 0 saturated heterocycles. The zero-order valence-corrected chi connectivity index (χ0v) is 20.2. The molecule has 0 radical (unpaired) electrons. The molecule has 1 N–H and O–H groups in total. The van der Waals surface area contributed by atoms with E-state index < -0.39 is 5.91 Å². The molecule has 2 aromatic heterocycles. The van der Waals surface area contributed by atoms with Crippen LogP contribution in [0, 0.1) is 0 Å². The Balaban J connectivity index is 1.39. The van der Waals surface area contributed by atoms with Crippen molar-refractivity contribution in [2.45, 2.75) is 13.2 Å². The minimum Gasteiger partial charge on any atom is -0.484 e. The molecule has 0 aliphatic carbocycles. The molecule has 0 atom stereocenters. The second-order valence-corrected chi connectivity index (χ2v) is 8.79. The number of benzene rings is 2. The van der Waals surface area contributed by atoms with Gasteiger partial charge in [-0.2, -0.15) is 5.10 Å². The lowest BCUT2D eigenvalue weighted by atomic mass is 10.2. The summed E-state index contributed by atoms with van der Waals surface area (Å²) in [6.07, 6.45) is 1.75. The largest absolute Gasteiger partial charge is 0.484 e. The van der Waals surface area contributed by atoms with E-state index >= 15 is 0 Å². The van der Waals surface area contributed by atoms with Crippen LogP contribution in [0.4, 0.5) is 5.82 Å². The van der Waals surface area contributed by atoms with E-state index in [2.05, 4.69) is 26.3 Å². The Labute approximate surface area is 207 Å². The van der Waals surface area contributed by atoms with Gasteiger partial charge in [0.05, 0.1) is 26.1 Å². The maximum atomic E-state index is 12.6. The molecule has 2 aromatic carbocycles. The first-order chi connectivity index (χ1) is 15.4. The van der Waals surface area contributed by atoms with Gasteiger partial charge in [0, 0.05) is 6.20 Å². The summed E-state index contributed by atoms with van der Waals surface area (Å²) in [5.41, 5.74) is 0.918. The van der Waals surface area contributed by atoms with Crippen molar-refractivity contribution < 1.29 is 13.9 Å². The second kappa shape index (κ2) is 10.0. The molecule has 2 heterocycles. The van der Waals surface area contributed by atoms with Crippen LogP contribution in [0.1, 0.15) is 21.9 Å². The van der Waals surface area contributed by atoms with E-state index in [9.17, 15) is 4.79 Å². The summed E-state index contributed by atoms with van der Waals surface area (Å²) in [4.78, 5) is 12.6. The summed E-state index contributed by atoms with van der Waals surface area (Å²) < 4.78 is 13.5. The second-order valence-electron chi connectivity index (χ2n) is 6.71. The lowest BCUT2D eigenvalue weighted by Crippen LogP contribution is -2.12. The lowest BCUT2D eigenvalue weighted by molar-refractivity contribution is 0.0992. The fourth-order valence-corrected chi connectivity index (χ4v) is 3.77. The molecular formula is C22H15BrCl3N3O3. The van der Waals surface area contributed by atoms with Gasteiger partial charge in [0.25, 0.3) is 5.91 Å². The van der Waals surface area contributed by atoms with Crippen molar-refractivity contribution >= 4 is 62.5 Å². The van der Waals surface area contributed by atoms with Crippen LogP contribution in [0.2, 0.25) is 15.1 Å². The van der Waals surface area contributed by atoms with E-state index in [-0.39, 0.29) is 12.4 Å². The van der Waals surface area contributed by atoms with E-state index in [1.165, 1.54) is 0 Å². The van der Waals surface area contributed by atoms with Gasteiger partial charge < -0.3 is 14.5 Å². The number of carbonyl (C=O) groups is 1. The third-order valence-corrected chi connectivity index (χ3v) is 6.00. The Bertz CT molecular complexity index is 1270. The Morgan fingerprint density at radius 3 is 2.66 bits per heavy atom.